The largest absolute Gasteiger partial charge is 0.275 e. The number of hydrogen-bond acceptors (Lipinski definition) is 3. The van der Waals surface area contributed by atoms with Gasteiger partial charge in [-0.25, -0.2) is 0 Å². The molecule has 0 unspecified atom stereocenters. The number of hydrogen-bond donors (Lipinski definition) is 0. The molecule has 154 valence electrons. The van der Waals surface area contributed by atoms with Gasteiger partial charge in [-0.3, -0.25) is 19.8 Å². The van der Waals surface area contributed by atoms with E-state index in [0.717, 1.165) is 11.1 Å². The molecule has 7 heteroatoms. The molecule has 3 aromatic carbocycles. The molecule has 0 fully saturated rings. The minimum absolute atomic E-state index is 0.0110. The number of carbonyl (C=O) groups is 1. The summed E-state index contributed by atoms with van der Waals surface area (Å²) < 4.78 is 0. The highest BCUT2D eigenvalue weighted by Crippen LogP contribution is 2.41. The zero-order valence-electron chi connectivity index (χ0n) is 16.4. The monoisotopic (exact) mass is 450 g/mol. The standard InChI is InChI=1S/C24H16Cl2N2O3/c1-15-5-9-17(10-6-15)22-14-18(13-16-7-11-19(12-8-16)28(30)31)24(29)27(22)21-4-2-3-20(25)23(21)26/h2-14H,1H3/b18-13+. The second-order valence-corrected chi connectivity index (χ2v) is 7.84. The van der Waals surface area contributed by atoms with E-state index in [9.17, 15) is 14.9 Å². The third-order valence-electron chi connectivity index (χ3n) is 4.93. The number of rotatable bonds is 4. The number of aryl methyl sites for hydroxylation is 1. The first-order chi connectivity index (χ1) is 14.8. The van der Waals surface area contributed by atoms with E-state index >= 15 is 0 Å². The maximum atomic E-state index is 13.4. The van der Waals surface area contributed by atoms with Gasteiger partial charge in [0, 0.05) is 17.7 Å². The van der Waals surface area contributed by atoms with Crippen molar-refractivity contribution in [3.63, 3.8) is 0 Å². The smallest absolute Gasteiger partial charge is 0.269 e. The molecule has 1 heterocycles. The van der Waals surface area contributed by atoms with Crippen molar-refractivity contribution in [1.82, 2.24) is 0 Å². The molecule has 0 saturated carbocycles. The van der Waals surface area contributed by atoms with Crippen LogP contribution in [0.15, 0.2) is 78.4 Å². The van der Waals surface area contributed by atoms with Gasteiger partial charge in [-0.1, -0.05) is 59.1 Å². The van der Waals surface area contributed by atoms with E-state index in [1.54, 1.807) is 42.5 Å². The molecule has 31 heavy (non-hydrogen) atoms. The first-order valence-electron chi connectivity index (χ1n) is 9.38. The Balaban J connectivity index is 1.82. The van der Waals surface area contributed by atoms with Crippen LogP contribution in [0.3, 0.4) is 0 Å². The first-order valence-corrected chi connectivity index (χ1v) is 10.1. The predicted octanol–water partition coefficient (Wildman–Crippen LogP) is 6.68. The molecular formula is C24H16Cl2N2O3. The van der Waals surface area contributed by atoms with Crippen molar-refractivity contribution in [3.8, 4) is 0 Å². The van der Waals surface area contributed by atoms with Crippen molar-refractivity contribution in [3.05, 3.63) is 115 Å². The Kier molecular flexibility index (Phi) is 5.63. The van der Waals surface area contributed by atoms with Crippen LogP contribution in [0.25, 0.3) is 11.8 Å². The summed E-state index contributed by atoms with van der Waals surface area (Å²) in [5.41, 5.74) is 4.20. The molecule has 0 bridgehead atoms. The van der Waals surface area contributed by atoms with E-state index < -0.39 is 4.92 Å². The van der Waals surface area contributed by atoms with Crippen LogP contribution in [0.5, 0.6) is 0 Å². The third kappa shape index (κ3) is 4.10. The average molecular weight is 451 g/mol. The Bertz CT molecular complexity index is 1250. The van der Waals surface area contributed by atoms with Crippen molar-refractivity contribution in [2.45, 2.75) is 6.92 Å². The van der Waals surface area contributed by atoms with Gasteiger partial charge in [0.2, 0.25) is 0 Å². The lowest BCUT2D eigenvalue weighted by Crippen LogP contribution is -2.25. The number of nitro benzene ring substituents is 1. The lowest BCUT2D eigenvalue weighted by Gasteiger charge is -2.22. The summed E-state index contributed by atoms with van der Waals surface area (Å²) in [4.78, 5) is 25.4. The van der Waals surface area contributed by atoms with Crippen molar-refractivity contribution in [2.24, 2.45) is 0 Å². The van der Waals surface area contributed by atoms with E-state index in [2.05, 4.69) is 0 Å². The van der Waals surface area contributed by atoms with Crippen LogP contribution in [-0.4, -0.2) is 10.8 Å². The molecule has 4 rings (SSSR count). The van der Waals surface area contributed by atoms with Gasteiger partial charge >= 0.3 is 0 Å². The number of benzene rings is 3. The first kappa shape index (κ1) is 20.8. The summed E-state index contributed by atoms with van der Waals surface area (Å²) in [6.07, 6.45) is 3.48. The molecule has 1 amide bonds. The molecule has 0 radical (unpaired) electrons. The SMILES string of the molecule is Cc1ccc(C2=C/C(=C\c3ccc([N+](=O)[O-])cc3)C(=O)N2c2cccc(Cl)c2Cl)cc1. The Morgan fingerprint density at radius 3 is 2.29 bits per heavy atom. The van der Waals surface area contributed by atoms with Crippen LogP contribution in [0.4, 0.5) is 11.4 Å². The zero-order chi connectivity index (χ0) is 22.1. The van der Waals surface area contributed by atoms with Crippen LogP contribution in [0.1, 0.15) is 16.7 Å². The maximum Gasteiger partial charge on any atom is 0.269 e. The quantitative estimate of drug-likeness (QED) is 0.253. The fourth-order valence-electron chi connectivity index (χ4n) is 3.33. The molecular weight excluding hydrogens is 435 g/mol. The highest BCUT2D eigenvalue weighted by molar-refractivity contribution is 6.44. The van der Waals surface area contributed by atoms with E-state index in [-0.39, 0.29) is 16.6 Å². The zero-order valence-corrected chi connectivity index (χ0v) is 17.9. The Hall–Kier alpha value is -3.41. The molecule has 0 atom stereocenters. The highest BCUT2D eigenvalue weighted by Gasteiger charge is 2.32. The molecule has 0 aliphatic carbocycles. The number of nitro groups is 1. The molecule has 0 spiro atoms. The van der Waals surface area contributed by atoms with Crippen LogP contribution < -0.4 is 4.90 Å². The van der Waals surface area contributed by atoms with Crippen LogP contribution in [0.2, 0.25) is 10.0 Å². The van der Waals surface area contributed by atoms with Gasteiger partial charge in [0.1, 0.15) is 0 Å². The van der Waals surface area contributed by atoms with Gasteiger partial charge in [0.15, 0.2) is 0 Å². The number of halogens is 2. The second kappa shape index (κ2) is 8.38. The Labute approximate surface area is 189 Å². The van der Waals surface area contributed by atoms with E-state index in [1.807, 2.05) is 31.2 Å². The summed E-state index contributed by atoms with van der Waals surface area (Å²) in [5.74, 6) is -0.266. The van der Waals surface area contributed by atoms with Gasteiger partial charge in [-0.05, 0) is 54.5 Å². The van der Waals surface area contributed by atoms with Gasteiger partial charge in [-0.2, -0.15) is 0 Å². The predicted molar refractivity (Wildman–Crippen MR) is 124 cm³/mol. The van der Waals surface area contributed by atoms with E-state index in [0.29, 0.717) is 27.5 Å². The number of carbonyl (C=O) groups excluding carboxylic acids is 1. The average Bonchev–Trinajstić information content (AvgIpc) is 3.07. The highest BCUT2D eigenvalue weighted by atomic mass is 35.5. The van der Waals surface area contributed by atoms with Crippen molar-refractivity contribution in [2.75, 3.05) is 4.90 Å². The summed E-state index contributed by atoms with van der Waals surface area (Å²) in [5, 5.41) is 11.5. The van der Waals surface area contributed by atoms with Crippen LogP contribution in [-0.2, 0) is 4.79 Å². The maximum absolute atomic E-state index is 13.4. The molecule has 0 saturated heterocycles. The van der Waals surface area contributed by atoms with Crippen LogP contribution >= 0.6 is 23.2 Å². The van der Waals surface area contributed by atoms with Crippen molar-refractivity contribution in [1.29, 1.82) is 0 Å². The third-order valence-corrected chi connectivity index (χ3v) is 5.74. The molecule has 5 nitrogen and oxygen atoms in total. The lowest BCUT2D eigenvalue weighted by atomic mass is 10.1. The minimum atomic E-state index is -0.462. The van der Waals surface area contributed by atoms with Gasteiger partial charge < -0.3 is 0 Å². The van der Waals surface area contributed by atoms with Crippen molar-refractivity contribution >= 4 is 52.3 Å². The van der Waals surface area contributed by atoms with Crippen LogP contribution in [0, 0.1) is 17.0 Å². The normalized spacial score (nSPS) is 14.8. The van der Waals surface area contributed by atoms with Gasteiger partial charge in [0.25, 0.3) is 11.6 Å². The van der Waals surface area contributed by atoms with E-state index in [1.165, 1.54) is 17.0 Å². The van der Waals surface area contributed by atoms with Gasteiger partial charge in [-0.15, -0.1) is 0 Å². The minimum Gasteiger partial charge on any atom is -0.275 e. The van der Waals surface area contributed by atoms with Gasteiger partial charge in [0.05, 0.1) is 26.4 Å². The summed E-state index contributed by atoms with van der Waals surface area (Å²) in [6.45, 7) is 1.99. The van der Waals surface area contributed by atoms with E-state index in [4.69, 9.17) is 23.2 Å². The lowest BCUT2D eigenvalue weighted by molar-refractivity contribution is -0.384. The number of nitrogens with zero attached hydrogens (tertiary/aromatic N) is 2. The summed E-state index contributed by atoms with van der Waals surface area (Å²) >= 11 is 12.6. The molecule has 0 aromatic heterocycles. The molecule has 1 aliphatic heterocycles. The number of anilines is 1. The summed E-state index contributed by atoms with van der Waals surface area (Å²) in [7, 11) is 0. The molecule has 0 N–H and O–H groups in total. The topological polar surface area (TPSA) is 63.5 Å². The van der Waals surface area contributed by atoms with Crippen molar-refractivity contribution < 1.29 is 9.72 Å². The molecule has 1 aliphatic rings. The Morgan fingerprint density at radius 2 is 1.65 bits per heavy atom. The number of amides is 1. The Morgan fingerprint density at radius 1 is 0.968 bits per heavy atom. The number of non-ortho nitro benzene ring substituents is 1. The second-order valence-electron chi connectivity index (χ2n) is 7.06. The fraction of sp³-hybridized carbons (Fsp3) is 0.0417. The summed E-state index contributed by atoms with van der Waals surface area (Å²) in [6, 6.07) is 19.0. The molecule has 3 aromatic rings. The fourth-order valence-corrected chi connectivity index (χ4v) is 3.71.